The smallest absolute Gasteiger partial charge is 0.265 e. The van der Waals surface area contributed by atoms with Gasteiger partial charge in [0.05, 0.1) is 0 Å². The van der Waals surface area contributed by atoms with E-state index in [4.69, 9.17) is 4.74 Å². The molecule has 0 saturated heterocycles. The molecule has 2 aromatic rings. The van der Waals surface area contributed by atoms with Gasteiger partial charge in [0.1, 0.15) is 5.75 Å². The second-order valence-electron chi connectivity index (χ2n) is 5.45. The number of aryl methyl sites for hydroxylation is 3. The first-order valence-electron chi connectivity index (χ1n) is 7.18. The number of amides is 1. The minimum atomic E-state index is -0.555. The van der Waals surface area contributed by atoms with Gasteiger partial charge in [-0.1, -0.05) is 6.07 Å². The van der Waals surface area contributed by atoms with Crippen LogP contribution in [0.4, 0.5) is 5.69 Å². The molecule has 0 heterocycles. The number of hydrogen-bond donors (Lipinski definition) is 1. The van der Waals surface area contributed by atoms with E-state index in [0.29, 0.717) is 5.75 Å². The largest absolute Gasteiger partial charge is 0.481 e. The van der Waals surface area contributed by atoms with Gasteiger partial charge in [0.25, 0.3) is 5.91 Å². The monoisotopic (exact) mass is 409 g/mol. The number of anilines is 1. The summed E-state index contributed by atoms with van der Waals surface area (Å²) in [7, 11) is 0. The highest BCUT2D eigenvalue weighted by Crippen LogP contribution is 2.20. The highest BCUT2D eigenvalue weighted by atomic mass is 127. The van der Waals surface area contributed by atoms with Gasteiger partial charge in [0.15, 0.2) is 6.10 Å². The molecule has 0 saturated carbocycles. The van der Waals surface area contributed by atoms with Crippen LogP contribution in [0.2, 0.25) is 0 Å². The number of nitrogens with one attached hydrogen (secondary N) is 1. The van der Waals surface area contributed by atoms with Gasteiger partial charge in [-0.25, -0.2) is 0 Å². The Morgan fingerprint density at radius 1 is 1.05 bits per heavy atom. The second-order valence-corrected chi connectivity index (χ2v) is 6.70. The zero-order chi connectivity index (χ0) is 16.3. The summed E-state index contributed by atoms with van der Waals surface area (Å²) < 4.78 is 6.88. The molecule has 3 nitrogen and oxygen atoms in total. The third kappa shape index (κ3) is 4.22. The molecule has 1 amide bonds. The molecule has 0 aliphatic heterocycles. The molecule has 1 N–H and O–H groups in total. The number of carbonyl (C=O) groups is 1. The van der Waals surface area contributed by atoms with Crippen LogP contribution in [0.15, 0.2) is 36.4 Å². The molecule has 0 aliphatic rings. The first-order chi connectivity index (χ1) is 10.4. The van der Waals surface area contributed by atoms with E-state index in [1.165, 1.54) is 5.56 Å². The summed E-state index contributed by atoms with van der Waals surface area (Å²) in [6, 6.07) is 11.8. The minimum absolute atomic E-state index is 0.150. The molecule has 4 heteroatoms. The van der Waals surface area contributed by atoms with Crippen molar-refractivity contribution < 1.29 is 9.53 Å². The van der Waals surface area contributed by atoms with Gasteiger partial charge in [0.2, 0.25) is 0 Å². The SMILES string of the molecule is Cc1ccc(O[C@H](C)C(=O)Nc2ccc(I)cc2C)cc1C. The lowest BCUT2D eigenvalue weighted by Crippen LogP contribution is -2.30. The molecule has 0 unspecified atom stereocenters. The van der Waals surface area contributed by atoms with Crippen molar-refractivity contribution in [1.29, 1.82) is 0 Å². The molecule has 22 heavy (non-hydrogen) atoms. The van der Waals surface area contributed by atoms with Gasteiger partial charge in [-0.05, 0) is 97.3 Å². The molecule has 0 aliphatic carbocycles. The predicted molar refractivity (Wildman–Crippen MR) is 98.5 cm³/mol. The van der Waals surface area contributed by atoms with Crippen LogP contribution in [0.5, 0.6) is 5.75 Å². The fourth-order valence-electron chi connectivity index (χ4n) is 2.05. The molecule has 2 rings (SSSR count). The summed E-state index contributed by atoms with van der Waals surface area (Å²) in [5.74, 6) is 0.563. The van der Waals surface area contributed by atoms with Crippen LogP contribution in [0.1, 0.15) is 23.6 Å². The summed E-state index contributed by atoms with van der Waals surface area (Å²) in [5.41, 5.74) is 4.22. The number of carbonyl (C=O) groups excluding carboxylic acids is 1. The zero-order valence-corrected chi connectivity index (χ0v) is 15.4. The van der Waals surface area contributed by atoms with E-state index in [1.54, 1.807) is 6.92 Å². The molecular formula is C18H20INO2. The van der Waals surface area contributed by atoms with Gasteiger partial charge in [-0.15, -0.1) is 0 Å². The standard InChI is InChI=1S/C18H20INO2/c1-11-5-7-16(10-12(11)2)22-14(4)18(21)20-17-8-6-15(19)9-13(17)3/h5-10,14H,1-4H3,(H,20,21)/t14-/m1/s1. The van der Waals surface area contributed by atoms with Crippen LogP contribution >= 0.6 is 22.6 Å². The van der Waals surface area contributed by atoms with E-state index in [2.05, 4.69) is 34.8 Å². The Hall–Kier alpha value is -1.56. The molecule has 2 aromatic carbocycles. The predicted octanol–water partition coefficient (Wildman–Crippen LogP) is 4.62. The summed E-state index contributed by atoms with van der Waals surface area (Å²) in [6.45, 7) is 7.82. The maximum atomic E-state index is 12.3. The van der Waals surface area contributed by atoms with Crippen molar-refractivity contribution >= 4 is 34.2 Å². The van der Waals surface area contributed by atoms with Gasteiger partial charge < -0.3 is 10.1 Å². The second kappa shape index (κ2) is 7.13. The molecule has 1 atom stereocenters. The third-order valence-electron chi connectivity index (χ3n) is 3.61. The molecule has 0 bridgehead atoms. The van der Waals surface area contributed by atoms with Crippen LogP contribution in [-0.4, -0.2) is 12.0 Å². The van der Waals surface area contributed by atoms with Gasteiger partial charge in [0, 0.05) is 9.26 Å². The van der Waals surface area contributed by atoms with Crippen LogP contribution in [0.25, 0.3) is 0 Å². The number of benzene rings is 2. The van der Waals surface area contributed by atoms with E-state index in [9.17, 15) is 4.79 Å². The fraction of sp³-hybridized carbons (Fsp3) is 0.278. The first kappa shape index (κ1) is 16.8. The Morgan fingerprint density at radius 2 is 1.77 bits per heavy atom. The van der Waals surface area contributed by atoms with Crippen molar-refractivity contribution in [3.05, 3.63) is 56.7 Å². The number of halogens is 1. The summed E-state index contributed by atoms with van der Waals surface area (Å²) >= 11 is 2.25. The third-order valence-corrected chi connectivity index (χ3v) is 4.28. The molecule has 116 valence electrons. The highest BCUT2D eigenvalue weighted by molar-refractivity contribution is 14.1. The van der Waals surface area contributed by atoms with Crippen molar-refractivity contribution in [2.45, 2.75) is 33.8 Å². The Balaban J connectivity index is 2.04. The van der Waals surface area contributed by atoms with Crippen LogP contribution in [-0.2, 0) is 4.79 Å². The fourth-order valence-corrected chi connectivity index (χ4v) is 2.69. The van der Waals surface area contributed by atoms with Gasteiger partial charge in [-0.2, -0.15) is 0 Å². The minimum Gasteiger partial charge on any atom is -0.481 e. The van der Waals surface area contributed by atoms with Crippen LogP contribution in [0.3, 0.4) is 0 Å². The maximum absolute atomic E-state index is 12.3. The highest BCUT2D eigenvalue weighted by Gasteiger charge is 2.16. The lowest BCUT2D eigenvalue weighted by atomic mass is 10.1. The van der Waals surface area contributed by atoms with E-state index >= 15 is 0 Å². The number of hydrogen-bond acceptors (Lipinski definition) is 2. The normalized spacial score (nSPS) is 11.9. The zero-order valence-electron chi connectivity index (χ0n) is 13.2. The molecular weight excluding hydrogens is 389 g/mol. The number of ether oxygens (including phenoxy) is 1. The van der Waals surface area contributed by atoms with E-state index in [1.807, 2.05) is 50.2 Å². The lowest BCUT2D eigenvalue weighted by Gasteiger charge is -2.16. The topological polar surface area (TPSA) is 38.3 Å². The van der Waals surface area contributed by atoms with Crippen molar-refractivity contribution in [3.63, 3.8) is 0 Å². The summed E-state index contributed by atoms with van der Waals surface area (Å²) in [4.78, 5) is 12.3. The summed E-state index contributed by atoms with van der Waals surface area (Å²) in [5, 5.41) is 2.92. The Morgan fingerprint density at radius 3 is 2.41 bits per heavy atom. The van der Waals surface area contributed by atoms with Gasteiger partial charge >= 0.3 is 0 Å². The Kier molecular flexibility index (Phi) is 5.45. The van der Waals surface area contributed by atoms with Gasteiger partial charge in [-0.3, -0.25) is 4.79 Å². The molecule has 0 spiro atoms. The van der Waals surface area contributed by atoms with Crippen LogP contribution < -0.4 is 10.1 Å². The lowest BCUT2D eigenvalue weighted by molar-refractivity contribution is -0.122. The average Bonchev–Trinajstić information content (AvgIpc) is 2.45. The van der Waals surface area contributed by atoms with Crippen LogP contribution in [0, 0.1) is 24.3 Å². The Labute approximate surface area is 145 Å². The van der Waals surface area contributed by atoms with Crippen molar-refractivity contribution in [1.82, 2.24) is 0 Å². The van der Waals surface area contributed by atoms with E-state index in [-0.39, 0.29) is 5.91 Å². The van der Waals surface area contributed by atoms with Crippen molar-refractivity contribution in [2.24, 2.45) is 0 Å². The quantitative estimate of drug-likeness (QED) is 0.749. The van der Waals surface area contributed by atoms with Crippen molar-refractivity contribution in [2.75, 3.05) is 5.32 Å². The molecule has 0 radical (unpaired) electrons. The maximum Gasteiger partial charge on any atom is 0.265 e. The molecule has 0 fully saturated rings. The van der Waals surface area contributed by atoms with E-state index in [0.717, 1.165) is 20.4 Å². The number of rotatable bonds is 4. The first-order valence-corrected chi connectivity index (χ1v) is 8.25. The van der Waals surface area contributed by atoms with Crippen molar-refractivity contribution in [3.8, 4) is 5.75 Å². The Bertz CT molecular complexity index is 697. The summed E-state index contributed by atoms with van der Waals surface area (Å²) in [6.07, 6.45) is -0.555. The molecule has 0 aromatic heterocycles. The average molecular weight is 409 g/mol. The van der Waals surface area contributed by atoms with E-state index < -0.39 is 6.10 Å².